The second-order valence-corrected chi connectivity index (χ2v) is 5.60. The highest BCUT2D eigenvalue weighted by molar-refractivity contribution is 5.75. The Labute approximate surface area is 140 Å². The third-order valence-corrected chi connectivity index (χ3v) is 4.00. The average Bonchev–Trinajstić information content (AvgIpc) is 2.85. The minimum absolute atomic E-state index is 0.121. The lowest BCUT2D eigenvalue weighted by Crippen LogP contribution is -2.30. The number of rotatable bonds is 6. The van der Waals surface area contributed by atoms with Crippen LogP contribution in [0.25, 0.3) is 11.0 Å². The number of nitrogens with one attached hydrogen (secondary N) is 1. The van der Waals surface area contributed by atoms with Crippen LogP contribution in [-0.2, 0) is 13.6 Å². The quantitative estimate of drug-likeness (QED) is 0.726. The van der Waals surface area contributed by atoms with Gasteiger partial charge in [0.1, 0.15) is 12.7 Å². The van der Waals surface area contributed by atoms with Crippen molar-refractivity contribution >= 4 is 11.0 Å². The SMILES string of the molecule is COc1ccccc1OC[C@@H](O)Cn1c(=N)n(C)c2ccccc21. The third-order valence-electron chi connectivity index (χ3n) is 4.00. The van der Waals surface area contributed by atoms with Crippen LogP contribution in [-0.4, -0.2) is 34.1 Å². The number of hydrogen-bond donors (Lipinski definition) is 2. The number of aliphatic hydroxyl groups is 1. The van der Waals surface area contributed by atoms with Crippen molar-refractivity contribution in [1.29, 1.82) is 5.41 Å². The van der Waals surface area contributed by atoms with Gasteiger partial charge >= 0.3 is 0 Å². The molecule has 1 heterocycles. The molecule has 0 bridgehead atoms. The number of nitrogens with zero attached hydrogens (tertiary/aromatic N) is 2. The molecule has 3 aromatic rings. The normalized spacial score (nSPS) is 12.3. The van der Waals surface area contributed by atoms with Crippen LogP contribution in [0.2, 0.25) is 0 Å². The van der Waals surface area contributed by atoms with E-state index in [1.165, 1.54) is 0 Å². The van der Waals surface area contributed by atoms with E-state index in [0.29, 0.717) is 17.1 Å². The molecule has 0 saturated carbocycles. The average molecular weight is 327 g/mol. The highest BCUT2D eigenvalue weighted by atomic mass is 16.5. The number of imidazole rings is 1. The molecule has 0 aliphatic rings. The van der Waals surface area contributed by atoms with Gasteiger partial charge < -0.3 is 23.7 Å². The number of aliphatic hydroxyl groups excluding tert-OH is 1. The Kier molecular flexibility index (Phi) is 4.57. The van der Waals surface area contributed by atoms with Gasteiger partial charge in [-0.2, -0.15) is 0 Å². The largest absolute Gasteiger partial charge is 0.493 e. The summed E-state index contributed by atoms with van der Waals surface area (Å²) in [6, 6.07) is 15.1. The van der Waals surface area contributed by atoms with Crippen molar-refractivity contribution in [3.63, 3.8) is 0 Å². The Balaban J connectivity index is 1.75. The number of para-hydroxylation sites is 4. The molecule has 0 aliphatic heterocycles. The second-order valence-electron chi connectivity index (χ2n) is 5.60. The predicted octanol–water partition coefficient (Wildman–Crippen LogP) is 1.91. The summed E-state index contributed by atoms with van der Waals surface area (Å²) in [5.41, 5.74) is 2.22. The Hall–Kier alpha value is -2.73. The predicted molar refractivity (Wildman–Crippen MR) is 91.3 cm³/mol. The molecule has 1 atom stereocenters. The summed E-state index contributed by atoms with van der Waals surface area (Å²) in [6.45, 7) is 0.408. The van der Waals surface area contributed by atoms with Crippen molar-refractivity contribution in [2.24, 2.45) is 7.05 Å². The number of ether oxygens (including phenoxy) is 2. The molecule has 0 amide bonds. The smallest absolute Gasteiger partial charge is 0.202 e. The molecular weight excluding hydrogens is 306 g/mol. The summed E-state index contributed by atoms with van der Waals surface area (Å²) in [7, 11) is 3.43. The summed E-state index contributed by atoms with van der Waals surface area (Å²) in [5, 5.41) is 18.6. The Morgan fingerprint density at radius 3 is 2.38 bits per heavy atom. The van der Waals surface area contributed by atoms with Crippen molar-refractivity contribution in [3.8, 4) is 11.5 Å². The molecule has 0 unspecified atom stereocenters. The molecule has 3 rings (SSSR count). The molecule has 24 heavy (non-hydrogen) atoms. The fourth-order valence-corrected chi connectivity index (χ4v) is 2.76. The maximum absolute atomic E-state index is 10.3. The number of aromatic nitrogens is 2. The maximum atomic E-state index is 10.3. The molecular formula is C18H21N3O3. The molecule has 0 saturated heterocycles. The third kappa shape index (κ3) is 3.00. The second kappa shape index (κ2) is 6.80. The van der Waals surface area contributed by atoms with E-state index in [9.17, 15) is 5.11 Å². The lowest BCUT2D eigenvalue weighted by molar-refractivity contribution is 0.0906. The van der Waals surface area contributed by atoms with E-state index >= 15 is 0 Å². The first-order valence-corrected chi connectivity index (χ1v) is 7.74. The van der Waals surface area contributed by atoms with Crippen LogP contribution in [0.3, 0.4) is 0 Å². The molecule has 2 aromatic carbocycles. The standard InChI is InChI=1S/C18H21N3O3/c1-20-14-7-3-4-8-15(14)21(18(20)19)11-13(22)12-24-17-10-6-5-9-16(17)23-2/h3-10,13,19,22H,11-12H2,1-2H3/t13-/m0/s1. The highest BCUT2D eigenvalue weighted by Gasteiger charge is 2.13. The van der Waals surface area contributed by atoms with E-state index in [2.05, 4.69) is 0 Å². The van der Waals surface area contributed by atoms with Gasteiger partial charge in [0.2, 0.25) is 5.62 Å². The van der Waals surface area contributed by atoms with E-state index in [-0.39, 0.29) is 13.2 Å². The molecule has 1 aromatic heterocycles. The van der Waals surface area contributed by atoms with Gasteiger partial charge in [0.05, 0.1) is 24.7 Å². The van der Waals surface area contributed by atoms with Crippen LogP contribution in [0.4, 0.5) is 0 Å². The van der Waals surface area contributed by atoms with Crippen molar-refractivity contribution in [2.75, 3.05) is 13.7 Å². The molecule has 0 fully saturated rings. The summed E-state index contributed by atoms with van der Waals surface area (Å²) in [6.07, 6.45) is -0.741. The first-order chi connectivity index (χ1) is 11.6. The van der Waals surface area contributed by atoms with Gasteiger partial charge in [0.15, 0.2) is 11.5 Å². The van der Waals surface area contributed by atoms with E-state index in [4.69, 9.17) is 14.9 Å². The topological polar surface area (TPSA) is 72.4 Å². The Morgan fingerprint density at radius 1 is 1.04 bits per heavy atom. The van der Waals surface area contributed by atoms with Gasteiger partial charge in [-0.05, 0) is 24.3 Å². The van der Waals surface area contributed by atoms with Crippen molar-refractivity contribution < 1.29 is 14.6 Å². The van der Waals surface area contributed by atoms with Gasteiger partial charge in [0.25, 0.3) is 0 Å². The Bertz CT molecular complexity index is 898. The van der Waals surface area contributed by atoms with E-state index < -0.39 is 6.10 Å². The molecule has 0 radical (unpaired) electrons. The molecule has 6 nitrogen and oxygen atoms in total. The number of aryl methyl sites for hydroxylation is 1. The lowest BCUT2D eigenvalue weighted by atomic mass is 10.3. The molecule has 0 spiro atoms. The van der Waals surface area contributed by atoms with E-state index in [1.807, 2.05) is 49.5 Å². The summed E-state index contributed by atoms with van der Waals surface area (Å²) < 4.78 is 14.5. The number of hydrogen-bond acceptors (Lipinski definition) is 4. The number of benzene rings is 2. The van der Waals surface area contributed by atoms with Gasteiger partial charge in [-0.3, -0.25) is 5.41 Å². The van der Waals surface area contributed by atoms with Crippen LogP contribution < -0.4 is 15.1 Å². The fraction of sp³-hybridized carbons (Fsp3) is 0.278. The fourth-order valence-electron chi connectivity index (χ4n) is 2.76. The minimum atomic E-state index is -0.741. The van der Waals surface area contributed by atoms with Gasteiger partial charge in [0, 0.05) is 7.05 Å². The lowest BCUT2D eigenvalue weighted by Gasteiger charge is -2.15. The maximum Gasteiger partial charge on any atom is 0.202 e. The van der Waals surface area contributed by atoms with Gasteiger partial charge in [-0.1, -0.05) is 24.3 Å². The first kappa shape index (κ1) is 16.1. The van der Waals surface area contributed by atoms with Gasteiger partial charge in [-0.15, -0.1) is 0 Å². The number of fused-ring (bicyclic) bond motifs is 1. The minimum Gasteiger partial charge on any atom is -0.493 e. The first-order valence-electron chi connectivity index (χ1n) is 7.74. The summed E-state index contributed by atoms with van der Waals surface area (Å²) in [4.78, 5) is 0. The molecule has 126 valence electrons. The monoisotopic (exact) mass is 327 g/mol. The molecule has 0 aliphatic carbocycles. The number of methoxy groups -OCH3 is 1. The Morgan fingerprint density at radius 2 is 1.67 bits per heavy atom. The van der Waals surface area contributed by atoms with Crippen molar-refractivity contribution in [1.82, 2.24) is 9.13 Å². The van der Waals surface area contributed by atoms with Gasteiger partial charge in [-0.25, -0.2) is 0 Å². The van der Waals surface area contributed by atoms with Crippen LogP contribution in [0.15, 0.2) is 48.5 Å². The zero-order chi connectivity index (χ0) is 17.1. The van der Waals surface area contributed by atoms with Crippen molar-refractivity contribution in [2.45, 2.75) is 12.6 Å². The van der Waals surface area contributed by atoms with E-state index in [1.54, 1.807) is 22.3 Å². The zero-order valence-electron chi connectivity index (χ0n) is 13.8. The van der Waals surface area contributed by atoms with Crippen molar-refractivity contribution in [3.05, 3.63) is 54.1 Å². The highest BCUT2D eigenvalue weighted by Crippen LogP contribution is 2.25. The molecule has 6 heteroatoms. The molecule has 2 N–H and O–H groups in total. The van der Waals surface area contributed by atoms with E-state index in [0.717, 1.165) is 11.0 Å². The van der Waals surface area contributed by atoms with Crippen LogP contribution in [0, 0.1) is 5.41 Å². The summed E-state index contributed by atoms with van der Waals surface area (Å²) in [5.74, 6) is 1.22. The van der Waals surface area contributed by atoms with Crippen LogP contribution >= 0.6 is 0 Å². The van der Waals surface area contributed by atoms with Crippen LogP contribution in [0.1, 0.15) is 0 Å². The zero-order valence-corrected chi connectivity index (χ0v) is 13.8. The van der Waals surface area contributed by atoms with Crippen LogP contribution in [0.5, 0.6) is 11.5 Å². The summed E-state index contributed by atoms with van der Waals surface area (Å²) >= 11 is 0.